The molecule has 0 aliphatic carbocycles. The number of anilines is 1. The molecule has 3 aromatic carbocycles. The molecule has 3 rings (SSSR count). The molecule has 9 nitrogen and oxygen atoms in total. The van der Waals surface area contributed by atoms with Crippen LogP contribution in [-0.2, 0) is 20.2 Å². The van der Waals surface area contributed by atoms with Gasteiger partial charge in [-0.3, -0.25) is 13.9 Å². The van der Waals surface area contributed by atoms with Crippen molar-refractivity contribution in [3.63, 3.8) is 0 Å². The first-order chi connectivity index (χ1) is 12.9. The van der Waals surface area contributed by atoms with Gasteiger partial charge in [-0.2, -0.15) is 16.8 Å². The van der Waals surface area contributed by atoms with E-state index in [0.29, 0.717) is 0 Å². The Morgan fingerprint density at radius 2 is 1.36 bits per heavy atom. The number of para-hydroxylation sites is 1. The first-order valence-corrected chi connectivity index (χ1v) is 10.4. The van der Waals surface area contributed by atoms with Gasteiger partial charge in [-0.05, 0) is 35.7 Å². The Morgan fingerprint density at radius 1 is 0.821 bits per heavy atom. The number of nitrogens with two attached hydrogens (primary N) is 1. The van der Waals surface area contributed by atoms with Crippen LogP contribution >= 0.6 is 0 Å². The first-order valence-electron chi connectivity index (χ1n) is 7.54. The molecule has 0 saturated heterocycles. The van der Waals surface area contributed by atoms with Crippen molar-refractivity contribution in [3.8, 4) is 5.75 Å². The highest BCUT2D eigenvalue weighted by molar-refractivity contribution is 7.86. The SMILES string of the molecule is Nc1ccccc1C(=O)c1cc(S(=O)(=O)O)cc2cc(S(=O)(=O)O)cc(O)c12. The third kappa shape index (κ3) is 3.55. The molecule has 0 heterocycles. The molecule has 0 unspecified atom stereocenters. The topological polar surface area (TPSA) is 172 Å². The molecule has 28 heavy (non-hydrogen) atoms. The Labute approximate surface area is 159 Å². The number of phenols is 1. The average Bonchev–Trinajstić information content (AvgIpc) is 2.59. The summed E-state index contributed by atoms with van der Waals surface area (Å²) < 4.78 is 64.6. The van der Waals surface area contributed by atoms with E-state index in [0.717, 1.165) is 24.3 Å². The lowest BCUT2D eigenvalue weighted by Gasteiger charge is -2.12. The van der Waals surface area contributed by atoms with Crippen LogP contribution in [0.3, 0.4) is 0 Å². The van der Waals surface area contributed by atoms with E-state index in [2.05, 4.69) is 0 Å². The Kier molecular flexibility index (Phi) is 4.63. The fourth-order valence-corrected chi connectivity index (χ4v) is 3.84. The zero-order valence-electron chi connectivity index (χ0n) is 13.9. The monoisotopic (exact) mass is 423 g/mol. The van der Waals surface area contributed by atoms with Crippen LogP contribution in [0, 0.1) is 0 Å². The maximum absolute atomic E-state index is 13.0. The predicted molar refractivity (Wildman–Crippen MR) is 99.5 cm³/mol. The van der Waals surface area contributed by atoms with Crippen molar-refractivity contribution in [3.05, 3.63) is 59.7 Å². The molecular formula is C17H13NO8S2. The van der Waals surface area contributed by atoms with E-state index in [1.807, 2.05) is 0 Å². The number of benzene rings is 3. The number of rotatable bonds is 4. The lowest BCUT2D eigenvalue weighted by Crippen LogP contribution is -2.09. The van der Waals surface area contributed by atoms with Gasteiger partial charge in [0.05, 0.1) is 9.79 Å². The van der Waals surface area contributed by atoms with Crippen molar-refractivity contribution in [2.24, 2.45) is 0 Å². The third-order valence-electron chi connectivity index (χ3n) is 4.02. The van der Waals surface area contributed by atoms with Crippen molar-refractivity contribution in [2.45, 2.75) is 9.79 Å². The molecule has 0 aromatic heterocycles. The van der Waals surface area contributed by atoms with Gasteiger partial charge in [0.15, 0.2) is 5.78 Å². The molecule has 0 spiro atoms. The third-order valence-corrected chi connectivity index (χ3v) is 5.68. The molecule has 0 radical (unpaired) electrons. The largest absolute Gasteiger partial charge is 0.507 e. The number of fused-ring (bicyclic) bond motifs is 1. The highest BCUT2D eigenvalue weighted by atomic mass is 32.2. The van der Waals surface area contributed by atoms with E-state index < -0.39 is 41.6 Å². The van der Waals surface area contributed by atoms with E-state index in [4.69, 9.17) is 5.73 Å². The number of nitrogen functional groups attached to an aromatic ring is 1. The molecule has 0 aliphatic heterocycles. The molecule has 0 atom stereocenters. The summed E-state index contributed by atoms with van der Waals surface area (Å²) >= 11 is 0. The Morgan fingerprint density at radius 3 is 1.89 bits per heavy atom. The minimum atomic E-state index is -4.78. The number of hydrogen-bond acceptors (Lipinski definition) is 7. The summed E-state index contributed by atoms with van der Waals surface area (Å²) in [5.41, 5.74) is 5.55. The van der Waals surface area contributed by atoms with E-state index in [1.165, 1.54) is 18.2 Å². The van der Waals surface area contributed by atoms with Crippen molar-refractivity contribution in [2.75, 3.05) is 5.73 Å². The van der Waals surface area contributed by atoms with Gasteiger partial charge < -0.3 is 10.8 Å². The van der Waals surface area contributed by atoms with Crippen molar-refractivity contribution < 1.29 is 35.8 Å². The Balaban J connectivity index is 2.44. The van der Waals surface area contributed by atoms with Crippen molar-refractivity contribution in [1.29, 1.82) is 0 Å². The lowest BCUT2D eigenvalue weighted by molar-refractivity contribution is 0.104. The van der Waals surface area contributed by atoms with Gasteiger partial charge in [0.2, 0.25) is 0 Å². The van der Waals surface area contributed by atoms with Crippen LogP contribution in [0.4, 0.5) is 5.69 Å². The van der Waals surface area contributed by atoms with Gasteiger partial charge in [0.1, 0.15) is 5.75 Å². The zero-order chi connectivity index (χ0) is 20.9. The van der Waals surface area contributed by atoms with Crippen LogP contribution < -0.4 is 5.73 Å². The molecular weight excluding hydrogens is 410 g/mol. The maximum atomic E-state index is 13.0. The maximum Gasteiger partial charge on any atom is 0.294 e. The second-order valence-corrected chi connectivity index (χ2v) is 8.72. The van der Waals surface area contributed by atoms with Gasteiger partial charge in [-0.25, -0.2) is 0 Å². The van der Waals surface area contributed by atoms with E-state index >= 15 is 0 Å². The number of hydrogen-bond donors (Lipinski definition) is 4. The second-order valence-electron chi connectivity index (χ2n) is 5.88. The Bertz CT molecular complexity index is 1340. The van der Waals surface area contributed by atoms with E-state index in [1.54, 1.807) is 6.07 Å². The quantitative estimate of drug-likeness (QED) is 0.277. The number of ketones is 1. The van der Waals surface area contributed by atoms with Gasteiger partial charge in [-0.15, -0.1) is 0 Å². The summed E-state index contributed by atoms with van der Waals surface area (Å²) in [5.74, 6) is -1.45. The number of carbonyl (C=O) groups is 1. The smallest absolute Gasteiger partial charge is 0.294 e. The van der Waals surface area contributed by atoms with E-state index in [9.17, 15) is 35.8 Å². The number of aromatic hydroxyl groups is 1. The summed E-state index contributed by atoms with van der Waals surface area (Å²) in [6, 6.07) is 9.22. The lowest BCUT2D eigenvalue weighted by atomic mass is 9.95. The zero-order valence-corrected chi connectivity index (χ0v) is 15.5. The summed E-state index contributed by atoms with van der Waals surface area (Å²) in [5, 5.41) is 9.90. The molecule has 3 aromatic rings. The van der Waals surface area contributed by atoms with Crippen LogP contribution in [-0.4, -0.2) is 36.8 Å². The molecule has 0 bridgehead atoms. The van der Waals surface area contributed by atoms with Crippen molar-refractivity contribution >= 4 is 42.5 Å². The highest BCUT2D eigenvalue weighted by Gasteiger charge is 2.23. The van der Waals surface area contributed by atoms with Gasteiger partial charge in [0, 0.05) is 28.3 Å². The number of phenolic OH excluding ortho intramolecular Hbond substituents is 1. The molecule has 0 fully saturated rings. The standard InChI is InChI=1S/C17H13NO8S2/c18-14-4-2-1-3-12(14)17(20)13-7-10(27(21,22)23)5-9-6-11(28(24,25)26)8-15(19)16(9)13/h1-8,19H,18H2,(H,21,22,23)(H,24,25,26). The molecule has 146 valence electrons. The molecule has 0 amide bonds. The van der Waals surface area contributed by atoms with Gasteiger partial charge in [-0.1, -0.05) is 12.1 Å². The van der Waals surface area contributed by atoms with Crippen molar-refractivity contribution in [1.82, 2.24) is 0 Å². The van der Waals surface area contributed by atoms with Crippen LogP contribution in [0.15, 0.2) is 58.3 Å². The fraction of sp³-hybridized carbons (Fsp3) is 0. The average molecular weight is 423 g/mol. The molecule has 5 N–H and O–H groups in total. The summed E-state index contributed by atoms with van der Waals surface area (Å²) in [7, 11) is -9.51. The fourth-order valence-electron chi connectivity index (χ4n) is 2.76. The minimum Gasteiger partial charge on any atom is -0.507 e. The van der Waals surface area contributed by atoms with Crippen LogP contribution in [0.5, 0.6) is 5.75 Å². The van der Waals surface area contributed by atoms with Gasteiger partial charge >= 0.3 is 0 Å². The van der Waals surface area contributed by atoms with Crippen LogP contribution in [0.25, 0.3) is 10.8 Å². The second kappa shape index (κ2) is 6.56. The van der Waals surface area contributed by atoms with E-state index in [-0.39, 0.29) is 27.6 Å². The predicted octanol–water partition coefficient (Wildman–Crippen LogP) is 1.85. The minimum absolute atomic E-state index is 0.00884. The Hall–Kier alpha value is -2.99. The molecule has 0 aliphatic rings. The summed E-state index contributed by atoms with van der Waals surface area (Å²) in [6.07, 6.45) is 0. The first kappa shape index (κ1) is 19.8. The highest BCUT2D eigenvalue weighted by Crippen LogP contribution is 2.35. The van der Waals surface area contributed by atoms with Gasteiger partial charge in [0.25, 0.3) is 20.2 Å². The van der Waals surface area contributed by atoms with Crippen LogP contribution in [0.2, 0.25) is 0 Å². The summed E-state index contributed by atoms with van der Waals surface area (Å²) in [4.78, 5) is 11.5. The summed E-state index contributed by atoms with van der Waals surface area (Å²) in [6.45, 7) is 0. The number of carbonyl (C=O) groups excluding carboxylic acids is 1. The molecule has 0 saturated carbocycles. The normalized spacial score (nSPS) is 12.2. The molecule has 11 heteroatoms. The van der Waals surface area contributed by atoms with Crippen LogP contribution in [0.1, 0.15) is 15.9 Å².